The van der Waals surface area contributed by atoms with Gasteiger partial charge in [0.1, 0.15) is 5.82 Å². The number of hydrogen-bond donors (Lipinski definition) is 1. The molecule has 1 N–H and O–H groups in total. The van der Waals surface area contributed by atoms with Gasteiger partial charge in [-0.2, -0.15) is 4.31 Å². The second-order valence-corrected chi connectivity index (χ2v) is 11.1. The van der Waals surface area contributed by atoms with E-state index in [1.165, 1.54) is 0 Å². The summed E-state index contributed by atoms with van der Waals surface area (Å²) < 4.78 is 35.1. The number of hydrogen-bond acceptors (Lipinski definition) is 5. The predicted octanol–water partition coefficient (Wildman–Crippen LogP) is 3.34. The van der Waals surface area contributed by atoms with Gasteiger partial charge in [0.25, 0.3) is 0 Å². The minimum atomic E-state index is -3.48. The van der Waals surface area contributed by atoms with Crippen LogP contribution in [0.15, 0.2) is 23.1 Å². The highest BCUT2D eigenvalue weighted by molar-refractivity contribution is 7.89. The van der Waals surface area contributed by atoms with E-state index in [-0.39, 0.29) is 5.91 Å². The Kier molecular flexibility index (Phi) is 9.28. The van der Waals surface area contributed by atoms with E-state index in [9.17, 15) is 13.2 Å². The summed E-state index contributed by atoms with van der Waals surface area (Å²) in [6.45, 7) is 10.2. The lowest BCUT2D eigenvalue weighted by molar-refractivity contribution is -0.121. The Balaban J connectivity index is 1.63. The molecule has 1 fully saturated rings. The molecular weight excluding hydrogens is 440 g/mol. The second-order valence-electron chi connectivity index (χ2n) is 9.11. The number of ether oxygens (including phenoxy) is 1. The zero-order valence-electron chi connectivity index (χ0n) is 20.2. The van der Waals surface area contributed by atoms with Crippen molar-refractivity contribution in [3.05, 3.63) is 24.0 Å². The molecule has 8 nitrogen and oxygen atoms in total. The van der Waals surface area contributed by atoms with Gasteiger partial charge in [0.15, 0.2) is 0 Å². The first-order valence-electron chi connectivity index (χ1n) is 12.2. The Morgan fingerprint density at radius 3 is 2.70 bits per heavy atom. The van der Waals surface area contributed by atoms with Crippen LogP contribution in [-0.2, 0) is 32.5 Å². The standard InChI is InChI=1S/C24H38N4O4S/c1-4-13-28-22-9-8-20(33(30,31)27-14-5-6-15-27)17-21(22)26-23(28)10-11-24(29)25-12-7-16-32-18-19(2)3/h8-9,17,19H,4-7,10-16,18H2,1-3H3,(H,25,29). The van der Waals surface area contributed by atoms with Gasteiger partial charge in [0.05, 0.1) is 15.9 Å². The van der Waals surface area contributed by atoms with Gasteiger partial charge in [-0.3, -0.25) is 4.79 Å². The molecule has 9 heteroatoms. The molecule has 0 unspecified atom stereocenters. The van der Waals surface area contributed by atoms with Crippen molar-refractivity contribution in [1.82, 2.24) is 19.2 Å². The van der Waals surface area contributed by atoms with Gasteiger partial charge in [-0.1, -0.05) is 20.8 Å². The molecule has 1 aromatic heterocycles. The number of nitrogens with zero attached hydrogens (tertiary/aromatic N) is 3. The number of imidazole rings is 1. The highest BCUT2D eigenvalue weighted by atomic mass is 32.2. The third-order valence-corrected chi connectivity index (χ3v) is 7.66. The fraction of sp³-hybridized carbons (Fsp3) is 0.667. The molecule has 0 radical (unpaired) electrons. The van der Waals surface area contributed by atoms with Crippen molar-refractivity contribution in [3.63, 3.8) is 0 Å². The zero-order valence-corrected chi connectivity index (χ0v) is 21.0. The Hall–Kier alpha value is -1.97. The second kappa shape index (κ2) is 11.9. The first kappa shape index (κ1) is 25.6. The SMILES string of the molecule is CCCn1c(CCC(=O)NCCCOCC(C)C)nc2cc(S(=O)(=O)N3CCCC3)ccc21. The van der Waals surface area contributed by atoms with Gasteiger partial charge < -0.3 is 14.6 Å². The van der Waals surface area contributed by atoms with Crippen molar-refractivity contribution in [1.29, 1.82) is 0 Å². The summed E-state index contributed by atoms with van der Waals surface area (Å²) in [5.74, 6) is 1.32. The summed E-state index contributed by atoms with van der Waals surface area (Å²) in [4.78, 5) is 17.3. The average molecular weight is 479 g/mol. The lowest BCUT2D eigenvalue weighted by atomic mass is 10.2. The number of rotatable bonds is 13. The van der Waals surface area contributed by atoms with Crippen molar-refractivity contribution in [2.45, 2.75) is 70.7 Å². The molecule has 0 saturated carbocycles. The number of fused-ring (bicyclic) bond motifs is 1. The van der Waals surface area contributed by atoms with Crippen molar-refractivity contribution < 1.29 is 17.9 Å². The number of sulfonamides is 1. The van der Waals surface area contributed by atoms with Crippen molar-refractivity contribution in [2.75, 3.05) is 32.8 Å². The smallest absolute Gasteiger partial charge is 0.243 e. The molecule has 1 saturated heterocycles. The van der Waals surface area contributed by atoms with Crippen molar-refractivity contribution >= 4 is 27.0 Å². The number of amides is 1. The molecule has 1 aliphatic rings. The minimum absolute atomic E-state index is 0.00809. The summed E-state index contributed by atoms with van der Waals surface area (Å²) in [5, 5.41) is 2.95. The van der Waals surface area contributed by atoms with Gasteiger partial charge in [0.2, 0.25) is 15.9 Å². The Morgan fingerprint density at radius 2 is 2.00 bits per heavy atom. The van der Waals surface area contributed by atoms with Crippen LogP contribution < -0.4 is 5.32 Å². The Bertz CT molecular complexity index is 1030. The fourth-order valence-electron chi connectivity index (χ4n) is 4.10. The quantitative estimate of drug-likeness (QED) is 0.446. The van der Waals surface area contributed by atoms with Crippen LogP contribution in [0.25, 0.3) is 11.0 Å². The average Bonchev–Trinajstić information content (AvgIpc) is 3.43. The van der Waals surface area contributed by atoms with Crippen LogP contribution >= 0.6 is 0 Å². The lowest BCUT2D eigenvalue weighted by Crippen LogP contribution is -2.27. The number of aryl methyl sites for hydroxylation is 2. The summed E-state index contributed by atoms with van der Waals surface area (Å²) >= 11 is 0. The molecule has 0 spiro atoms. The van der Waals surface area contributed by atoms with Crippen LogP contribution in [0, 0.1) is 5.92 Å². The summed E-state index contributed by atoms with van der Waals surface area (Å²) in [7, 11) is -3.48. The molecule has 0 aliphatic carbocycles. The van der Waals surface area contributed by atoms with Crippen LogP contribution in [0.1, 0.15) is 58.7 Å². The van der Waals surface area contributed by atoms with Crippen molar-refractivity contribution in [3.8, 4) is 0 Å². The maximum Gasteiger partial charge on any atom is 0.243 e. The number of aromatic nitrogens is 2. The highest BCUT2D eigenvalue weighted by Gasteiger charge is 2.27. The van der Waals surface area contributed by atoms with E-state index >= 15 is 0 Å². The summed E-state index contributed by atoms with van der Waals surface area (Å²) in [6.07, 6.45) is 4.39. The molecule has 1 aromatic carbocycles. The van der Waals surface area contributed by atoms with Crippen molar-refractivity contribution in [2.24, 2.45) is 5.92 Å². The normalized spacial score (nSPS) is 15.0. The van der Waals surface area contributed by atoms with Crippen LogP contribution in [0.3, 0.4) is 0 Å². The first-order chi connectivity index (χ1) is 15.8. The van der Waals surface area contributed by atoms with Crippen LogP contribution in [0.2, 0.25) is 0 Å². The summed E-state index contributed by atoms with van der Waals surface area (Å²) in [5.41, 5.74) is 1.58. The molecule has 33 heavy (non-hydrogen) atoms. The third kappa shape index (κ3) is 6.77. The van der Waals surface area contributed by atoms with Gasteiger partial charge >= 0.3 is 0 Å². The van der Waals surface area contributed by atoms with Gasteiger partial charge in [-0.15, -0.1) is 0 Å². The number of carbonyl (C=O) groups is 1. The fourth-order valence-corrected chi connectivity index (χ4v) is 5.63. The predicted molar refractivity (Wildman–Crippen MR) is 130 cm³/mol. The van der Waals surface area contributed by atoms with E-state index in [2.05, 4.69) is 30.7 Å². The summed E-state index contributed by atoms with van der Waals surface area (Å²) in [6, 6.07) is 5.21. The number of benzene rings is 1. The largest absolute Gasteiger partial charge is 0.381 e. The molecule has 1 amide bonds. The molecule has 2 heterocycles. The number of carbonyl (C=O) groups excluding carboxylic acids is 1. The molecule has 0 atom stereocenters. The third-order valence-electron chi connectivity index (χ3n) is 5.76. The molecule has 0 bridgehead atoms. The Labute approximate surface area is 197 Å². The molecule has 184 valence electrons. The van der Waals surface area contributed by atoms with E-state index in [0.29, 0.717) is 55.4 Å². The van der Waals surface area contributed by atoms with E-state index in [1.54, 1.807) is 16.4 Å². The van der Waals surface area contributed by atoms with Crippen LogP contribution in [0.5, 0.6) is 0 Å². The zero-order chi connectivity index (χ0) is 23.8. The highest BCUT2D eigenvalue weighted by Crippen LogP contribution is 2.25. The van der Waals surface area contributed by atoms with Crippen LogP contribution in [0.4, 0.5) is 0 Å². The van der Waals surface area contributed by atoms with Gasteiger partial charge in [-0.05, 0) is 49.8 Å². The maximum atomic E-state index is 12.9. The Morgan fingerprint density at radius 1 is 1.24 bits per heavy atom. The van der Waals surface area contributed by atoms with Crippen LogP contribution in [-0.4, -0.2) is 61.0 Å². The monoisotopic (exact) mass is 478 g/mol. The molecular formula is C24H38N4O4S. The molecule has 2 aromatic rings. The maximum absolute atomic E-state index is 12.9. The topological polar surface area (TPSA) is 93.5 Å². The lowest BCUT2D eigenvalue weighted by Gasteiger charge is -2.15. The molecule has 3 rings (SSSR count). The van der Waals surface area contributed by atoms with Gasteiger partial charge in [0, 0.05) is 52.2 Å². The van der Waals surface area contributed by atoms with E-state index < -0.39 is 10.0 Å². The molecule has 1 aliphatic heterocycles. The number of nitrogens with one attached hydrogen (secondary N) is 1. The van der Waals surface area contributed by atoms with Gasteiger partial charge in [-0.25, -0.2) is 13.4 Å². The van der Waals surface area contributed by atoms with E-state index in [4.69, 9.17) is 9.72 Å². The first-order valence-corrected chi connectivity index (χ1v) is 13.6. The van der Waals surface area contributed by atoms with E-state index in [0.717, 1.165) is 50.2 Å². The van der Waals surface area contributed by atoms with E-state index in [1.807, 2.05) is 6.07 Å². The minimum Gasteiger partial charge on any atom is -0.381 e.